The summed E-state index contributed by atoms with van der Waals surface area (Å²) < 4.78 is 5.75. The molecule has 0 amide bonds. The Morgan fingerprint density at radius 3 is 2.56 bits per heavy atom. The Kier molecular flexibility index (Phi) is 1.10. The molecule has 0 N–H and O–H groups in total. The molecule has 1 heteroatoms. The molecule has 1 nitrogen and oxygen atoms in total. The lowest BCUT2D eigenvalue weighted by molar-refractivity contribution is 0.0297. The van der Waals surface area contributed by atoms with Gasteiger partial charge in [-0.2, -0.15) is 0 Å². The maximum absolute atomic E-state index is 5.75. The number of hydrogen-bond acceptors (Lipinski definition) is 1. The van der Waals surface area contributed by atoms with Crippen LogP contribution in [0.4, 0.5) is 0 Å². The summed E-state index contributed by atoms with van der Waals surface area (Å²) in [6.07, 6.45) is 6.62. The summed E-state index contributed by atoms with van der Waals surface area (Å²) in [7, 11) is 0. The smallest absolute Gasteiger partial charge is 0.0689 e. The van der Waals surface area contributed by atoms with E-state index in [0.29, 0.717) is 11.7 Å². The molecule has 1 saturated heterocycles. The molecule has 1 atom stereocenters. The van der Waals surface area contributed by atoms with Crippen LogP contribution in [0.2, 0.25) is 0 Å². The molecule has 0 aromatic rings. The summed E-state index contributed by atoms with van der Waals surface area (Å²) in [6.45, 7) is 3.84. The number of hydrogen-bond donors (Lipinski definition) is 0. The standard InChI is InChI=1S/C8H13O/c1-2-7-3-4-8(9-7)5-6-8/h7H,1-6H2. The summed E-state index contributed by atoms with van der Waals surface area (Å²) in [5, 5.41) is 0. The fourth-order valence-electron chi connectivity index (χ4n) is 1.61. The third-order valence-electron chi connectivity index (χ3n) is 2.47. The van der Waals surface area contributed by atoms with E-state index in [0.717, 1.165) is 6.42 Å². The number of rotatable bonds is 1. The molecule has 1 heterocycles. The second kappa shape index (κ2) is 1.72. The quantitative estimate of drug-likeness (QED) is 0.520. The molecular formula is C8H13O. The summed E-state index contributed by atoms with van der Waals surface area (Å²) in [6, 6.07) is 0. The van der Waals surface area contributed by atoms with Crippen molar-refractivity contribution in [1.29, 1.82) is 0 Å². The molecule has 1 radical (unpaired) electrons. The van der Waals surface area contributed by atoms with Gasteiger partial charge in [-0.25, -0.2) is 0 Å². The highest BCUT2D eigenvalue weighted by molar-refractivity contribution is 5.00. The summed E-state index contributed by atoms with van der Waals surface area (Å²) in [5.41, 5.74) is 0.377. The predicted octanol–water partition coefficient (Wildman–Crippen LogP) is 1.92. The Hall–Kier alpha value is -0.0400. The lowest BCUT2D eigenvalue weighted by Gasteiger charge is -2.08. The Morgan fingerprint density at radius 2 is 2.22 bits per heavy atom. The molecule has 1 saturated carbocycles. The van der Waals surface area contributed by atoms with Crippen molar-refractivity contribution in [3.63, 3.8) is 0 Å². The molecule has 1 spiro atoms. The van der Waals surface area contributed by atoms with Gasteiger partial charge in [0.1, 0.15) is 0 Å². The van der Waals surface area contributed by atoms with E-state index in [1.165, 1.54) is 25.7 Å². The van der Waals surface area contributed by atoms with Crippen LogP contribution in [0.3, 0.4) is 0 Å². The van der Waals surface area contributed by atoms with Crippen molar-refractivity contribution in [2.24, 2.45) is 0 Å². The zero-order chi connectivity index (χ0) is 6.32. The Labute approximate surface area is 56.4 Å². The van der Waals surface area contributed by atoms with Gasteiger partial charge in [-0.05, 0) is 32.1 Å². The average molecular weight is 125 g/mol. The normalized spacial score (nSPS) is 37.7. The minimum absolute atomic E-state index is 0.377. The van der Waals surface area contributed by atoms with E-state index >= 15 is 0 Å². The van der Waals surface area contributed by atoms with Gasteiger partial charge < -0.3 is 4.74 Å². The highest BCUT2D eigenvalue weighted by atomic mass is 16.5. The van der Waals surface area contributed by atoms with Crippen LogP contribution in [0.25, 0.3) is 0 Å². The molecule has 1 aliphatic carbocycles. The first-order valence-corrected chi connectivity index (χ1v) is 3.82. The van der Waals surface area contributed by atoms with Crippen LogP contribution in [0.1, 0.15) is 32.1 Å². The predicted molar refractivity (Wildman–Crippen MR) is 36.0 cm³/mol. The van der Waals surface area contributed by atoms with E-state index < -0.39 is 0 Å². The highest BCUT2D eigenvalue weighted by Crippen LogP contribution is 2.49. The van der Waals surface area contributed by atoms with Crippen molar-refractivity contribution >= 4 is 0 Å². The largest absolute Gasteiger partial charge is 0.372 e. The average Bonchev–Trinajstić information content (AvgIpc) is 2.44. The lowest BCUT2D eigenvalue weighted by Crippen LogP contribution is -2.09. The van der Waals surface area contributed by atoms with Crippen molar-refractivity contribution in [2.75, 3.05) is 0 Å². The van der Waals surface area contributed by atoms with Gasteiger partial charge in [-0.3, -0.25) is 0 Å². The topological polar surface area (TPSA) is 9.23 Å². The van der Waals surface area contributed by atoms with Crippen LogP contribution in [0.5, 0.6) is 0 Å². The molecule has 1 aliphatic heterocycles. The van der Waals surface area contributed by atoms with Crippen molar-refractivity contribution in [3.05, 3.63) is 6.92 Å². The van der Waals surface area contributed by atoms with Gasteiger partial charge >= 0.3 is 0 Å². The zero-order valence-electron chi connectivity index (χ0n) is 5.73. The van der Waals surface area contributed by atoms with E-state index in [2.05, 4.69) is 6.92 Å². The third kappa shape index (κ3) is 0.877. The van der Waals surface area contributed by atoms with E-state index in [9.17, 15) is 0 Å². The van der Waals surface area contributed by atoms with Crippen LogP contribution >= 0.6 is 0 Å². The SMILES string of the molecule is [CH2]CC1CCC2(CC2)O1. The Morgan fingerprint density at radius 1 is 1.44 bits per heavy atom. The molecule has 2 fully saturated rings. The van der Waals surface area contributed by atoms with E-state index in [4.69, 9.17) is 4.74 Å². The summed E-state index contributed by atoms with van der Waals surface area (Å²) in [4.78, 5) is 0. The van der Waals surface area contributed by atoms with Gasteiger partial charge in [-0.1, -0.05) is 6.92 Å². The number of ether oxygens (including phenoxy) is 1. The molecule has 51 valence electrons. The van der Waals surface area contributed by atoms with Gasteiger partial charge in [0.15, 0.2) is 0 Å². The molecule has 2 aliphatic rings. The molecule has 9 heavy (non-hydrogen) atoms. The van der Waals surface area contributed by atoms with Gasteiger partial charge in [0.2, 0.25) is 0 Å². The maximum atomic E-state index is 5.75. The van der Waals surface area contributed by atoms with Crippen LogP contribution in [-0.4, -0.2) is 11.7 Å². The van der Waals surface area contributed by atoms with Crippen LogP contribution in [-0.2, 0) is 4.74 Å². The monoisotopic (exact) mass is 125 g/mol. The molecule has 0 bridgehead atoms. The van der Waals surface area contributed by atoms with Crippen molar-refractivity contribution in [2.45, 2.75) is 43.8 Å². The van der Waals surface area contributed by atoms with Gasteiger partial charge in [0.05, 0.1) is 11.7 Å². The van der Waals surface area contributed by atoms with Crippen molar-refractivity contribution < 1.29 is 4.74 Å². The second-order valence-corrected chi connectivity index (χ2v) is 3.25. The van der Waals surface area contributed by atoms with E-state index in [-0.39, 0.29) is 0 Å². The van der Waals surface area contributed by atoms with Gasteiger partial charge in [0.25, 0.3) is 0 Å². The first-order chi connectivity index (χ1) is 4.35. The van der Waals surface area contributed by atoms with Crippen LogP contribution < -0.4 is 0 Å². The van der Waals surface area contributed by atoms with E-state index in [1.807, 2.05) is 0 Å². The van der Waals surface area contributed by atoms with Crippen molar-refractivity contribution in [3.8, 4) is 0 Å². The first kappa shape index (κ1) is 5.72. The maximum Gasteiger partial charge on any atom is 0.0689 e. The van der Waals surface area contributed by atoms with E-state index in [1.54, 1.807) is 0 Å². The molecule has 0 aromatic heterocycles. The molecule has 2 rings (SSSR count). The minimum atomic E-state index is 0.377. The Bertz CT molecular complexity index is 116. The minimum Gasteiger partial charge on any atom is -0.372 e. The molecular weight excluding hydrogens is 112 g/mol. The fraction of sp³-hybridized carbons (Fsp3) is 0.875. The molecule has 1 unspecified atom stereocenters. The van der Waals surface area contributed by atoms with Gasteiger partial charge in [-0.15, -0.1) is 0 Å². The van der Waals surface area contributed by atoms with Gasteiger partial charge in [0, 0.05) is 0 Å². The summed E-state index contributed by atoms with van der Waals surface area (Å²) >= 11 is 0. The van der Waals surface area contributed by atoms with Crippen molar-refractivity contribution in [1.82, 2.24) is 0 Å². The second-order valence-electron chi connectivity index (χ2n) is 3.25. The fourth-order valence-corrected chi connectivity index (χ4v) is 1.61. The third-order valence-corrected chi connectivity index (χ3v) is 2.47. The Balaban J connectivity index is 1.93. The van der Waals surface area contributed by atoms with Crippen LogP contribution in [0.15, 0.2) is 0 Å². The lowest BCUT2D eigenvalue weighted by atomic mass is 10.1. The zero-order valence-corrected chi connectivity index (χ0v) is 5.73. The molecule has 0 aromatic carbocycles. The summed E-state index contributed by atoms with van der Waals surface area (Å²) in [5.74, 6) is 0. The van der Waals surface area contributed by atoms with Crippen LogP contribution in [0, 0.1) is 6.92 Å². The highest BCUT2D eigenvalue weighted by Gasteiger charge is 2.49. The first-order valence-electron chi connectivity index (χ1n) is 3.82.